The molecule has 0 spiro atoms. The van der Waals surface area contributed by atoms with E-state index in [-0.39, 0.29) is 37.5 Å². The Morgan fingerprint density at radius 3 is 1.09 bits per heavy atom. The van der Waals surface area contributed by atoms with E-state index in [1.807, 2.05) is 0 Å². The Balaban J connectivity index is 4.35. The van der Waals surface area contributed by atoms with E-state index in [0.717, 1.165) is 77.0 Å². The van der Waals surface area contributed by atoms with Crippen molar-refractivity contribution in [3.05, 3.63) is 60.8 Å². The number of carbonyl (C=O) groups excluding carboxylic acids is 3. The smallest absolute Gasteiger partial charge is 0.306 e. The summed E-state index contributed by atoms with van der Waals surface area (Å²) in [6.45, 7) is 6.41. The Morgan fingerprint density at radius 1 is 0.375 bits per heavy atom. The highest BCUT2D eigenvalue weighted by atomic mass is 16.6. The van der Waals surface area contributed by atoms with Gasteiger partial charge in [-0.1, -0.05) is 204 Å². The van der Waals surface area contributed by atoms with Crippen molar-refractivity contribution in [1.82, 2.24) is 0 Å². The lowest BCUT2D eigenvalue weighted by atomic mass is 10.0. The van der Waals surface area contributed by atoms with E-state index >= 15 is 0 Å². The van der Waals surface area contributed by atoms with Crippen LogP contribution in [0.4, 0.5) is 0 Å². The molecule has 6 nitrogen and oxygen atoms in total. The highest BCUT2D eigenvalue weighted by molar-refractivity contribution is 5.71. The van der Waals surface area contributed by atoms with Crippen molar-refractivity contribution in [1.29, 1.82) is 0 Å². The number of unbranched alkanes of at least 4 members (excludes halogenated alkanes) is 20. The van der Waals surface area contributed by atoms with Crippen LogP contribution in [0.3, 0.4) is 0 Å². The second kappa shape index (κ2) is 44.8. The number of esters is 3. The lowest BCUT2D eigenvalue weighted by Crippen LogP contribution is -2.30. The monoisotopic (exact) mass is 783 g/mol. The predicted molar refractivity (Wildman–Crippen MR) is 238 cm³/mol. The predicted octanol–water partition coefficient (Wildman–Crippen LogP) is 14.9. The molecule has 0 aromatic rings. The molecule has 0 fully saturated rings. The first-order valence-electron chi connectivity index (χ1n) is 23.3. The SMILES string of the molecule is CC/C=C\C/C=C\C/C=C\C/C=C\C/C=C\CCCC(=O)OCC(COC(=O)CCCCCCCC)OC(=O)CCCCCCCCCCCCCCCCC. The van der Waals surface area contributed by atoms with E-state index in [1.165, 1.54) is 96.3 Å². The van der Waals surface area contributed by atoms with Crippen LogP contribution in [0.1, 0.15) is 220 Å². The van der Waals surface area contributed by atoms with Gasteiger partial charge in [-0.15, -0.1) is 0 Å². The average molecular weight is 783 g/mol. The first kappa shape index (κ1) is 53.1. The van der Waals surface area contributed by atoms with E-state index in [4.69, 9.17) is 14.2 Å². The fourth-order valence-corrected chi connectivity index (χ4v) is 6.30. The molecule has 6 heteroatoms. The maximum Gasteiger partial charge on any atom is 0.306 e. The summed E-state index contributed by atoms with van der Waals surface area (Å²) in [7, 11) is 0. The maximum atomic E-state index is 12.7. The molecule has 0 amide bonds. The van der Waals surface area contributed by atoms with Crippen LogP contribution in [0.5, 0.6) is 0 Å². The van der Waals surface area contributed by atoms with Gasteiger partial charge in [-0.2, -0.15) is 0 Å². The Bertz CT molecular complexity index is 1040. The number of allylic oxidation sites excluding steroid dienone is 10. The molecule has 322 valence electrons. The molecule has 56 heavy (non-hydrogen) atoms. The second-order valence-corrected chi connectivity index (χ2v) is 15.3. The van der Waals surface area contributed by atoms with Gasteiger partial charge >= 0.3 is 17.9 Å². The molecule has 0 saturated heterocycles. The lowest BCUT2D eigenvalue weighted by Gasteiger charge is -2.18. The summed E-state index contributed by atoms with van der Waals surface area (Å²) >= 11 is 0. The Hall–Kier alpha value is -2.89. The van der Waals surface area contributed by atoms with Crippen molar-refractivity contribution in [2.45, 2.75) is 226 Å². The third-order valence-corrected chi connectivity index (χ3v) is 9.79. The zero-order valence-electron chi connectivity index (χ0n) is 36.6. The van der Waals surface area contributed by atoms with E-state index < -0.39 is 6.10 Å². The molecule has 0 aliphatic heterocycles. The fraction of sp³-hybridized carbons (Fsp3) is 0.740. The molecule has 0 rings (SSSR count). The zero-order valence-corrected chi connectivity index (χ0v) is 36.6. The summed E-state index contributed by atoms with van der Waals surface area (Å²) < 4.78 is 16.6. The zero-order chi connectivity index (χ0) is 40.8. The summed E-state index contributed by atoms with van der Waals surface area (Å²) in [4.78, 5) is 37.6. The highest BCUT2D eigenvalue weighted by Crippen LogP contribution is 2.15. The molecular formula is C50H86O6. The average Bonchev–Trinajstić information content (AvgIpc) is 3.19. The van der Waals surface area contributed by atoms with Gasteiger partial charge < -0.3 is 14.2 Å². The van der Waals surface area contributed by atoms with Gasteiger partial charge in [-0.05, 0) is 57.8 Å². The van der Waals surface area contributed by atoms with Crippen LogP contribution in [0.2, 0.25) is 0 Å². The van der Waals surface area contributed by atoms with Crippen LogP contribution in [0.15, 0.2) is 60.8 Å². The topological polar surface area (TPSA) is 78.9 Å². The number of hydrogen-bond donors (Lipinski definition) is 0. The Morgan fingerprint density at radius 2 is 0.696 bits per heavy atom. The summed E-state index contributed by atoms with van der Waals surface area (Å²) in [5.41, 5.74) is 0. The maximum absolute atomic E-state index is 12.7. The van der Waals surface area contributed by atoms with E-state index in [0.29, 0.717) is 19.3 Å². The molecule has 0 aliphatic carbocycles. The van der Waals surface area contributed by atoms with Crippen LogP contribution in [-0.2, 0) is 28.6 Å². The Kier molecular flexibility index (Phi) is 42.5. The van der Waals surface area contributed by atoms with Gasteiger partial charge in [0.2, 0.25) is 0 Å². The molecule has 1 unspecified atom stereocenters. The largest absolute Gasteiger partial charge is 0.462 e. The van der Waals surface area contributed by atoms with Gasteiger partial charge in [-0.25, -0.2) is 0 Å². The van der Waals surface area contributed by atoms with Crippen molar-refractivity contribution < 1.29 is 28.6 Å². The molecular weight excluding hydrogens is 697 g/mol. The molecule has 0 bridgehead atoms. The van der Waals surface area contributed by atoms with Crippen molar-refractivity contribution in [3.63, 3.8) is 0 Å². The van der Waals surface area contributed by atoms with E-state index in [9.17, 15) is 14.4 Å². The number of carbonyl (C=O) groups is 3. The van der Waals surface area contributed by atoms with Crippen LogP contribution in [0.25, 0.3) is 0 Å². The van der Waals surface area contributed by atoms with Crippen molar-refractivity contribution in [3.8, 4) is 0 Å². The van der Waals surface area contributed by atoms with Gasteiger partial charge in [0.05, 0.1) is 0 Å². The van der Waals surface area contributed by atoms with Gasteiger partial charge in [0.15, 0.2) is 6.10 Å². The van der Waals surface area contributed by atoms with E-state index in [1.54, 1.807) is 0 Å². The molecule has 0 aromatic carbocycles. The molecule has 0 aromatic heterocycles. The minimum absolute atomic E-state index is 0.0907. The summed E-state index contributed by atoms with van der Waals surface area (Å²) in [5, 5.41) is 0. The molecule has 0 aliphatic rings. The normalized spacial score (nSPS) is 12.6. The van der Waals surface area contributed by atoms with Gasteiger partial charge in [0.1, 0.15) is 13.2 Å². The first-order valence-corrected chi connectivity index (χ1v) is 23.3. The van der Waals surface area contributed by atoms with Gasteiger partial charge in [-0.3, -0.25) is 14.4 Å². The molecule has 0 radical (unpaired) electrons. The van der Waals surface area contributed by atoms with Crippen LogP contribution in [-0.4, -0.2) is 37.2 Å². The van der Waals surface area contributed by atoms with Gasteiger partial charge in [0.25, 0.3) is 0 Å². The third-order valence-electron chi connectivity index (χ3n) is 9.79. The number of hydrogen-bond acceptors (Lipinski definition) is 6. The van der Waals surface area contributed by atoms with Crippen LogP contribution in [0, 0.1) is 0 Å². The van der Waals surface area contributed by atoms with Crippen LogP contribution >= 0.6 is 0 Å². The number of rotatable bonds is 41. The quantitative estimate of drug-likeness (QED) is 0.0266. The van der Waals surface area contributed by atoms with Crippen molar-refractivity contribution in [2.75, 3.05) is 13.2 Å². The molecule has 0 saturated carbocycles. The summed E-state index contributed by atoms with van der Waals surface area (Å²) in [6.07, 6.45) is 53.7. The first-order chi connectivity index (χ1) is 27.5. The lowest BCUT2D eigenvalue weighted by molar-refractivity contribution is -0.167. The Labute approximate surface area is 345 Å². The molecule has 0 heterocycles. The minimum Gasteiger partial charge on any atom is -0.462 e. The standard InChI is InChI=1S/C50H86O6/c1-4-7-10-13-16-18-20-22-24-25-27-28-30-32-34-37-40-43-49(52)55-46-47(45-54-48(51)42-39-36-15-12-9-6-3)56-50(53)44-41-38-35-33-31-29-26-23-21-19-17-14-11-8-5-2/h7,10,16,18,22,24,27-28,32,34,47H,4-6,8-9,11-15,17,19-21,23,25-26,29-31,33,35-46H2,1-3H3/b10-7-,18-16-,24-22-,28-27-,34-32-. The minimum atomic E-state index is -0.790. The molecule has 1 atom stereocenters. The van der Waals surface area contributed by atoms with E-state index in [2.05, 4.69) is 81.5 Å². The number of ether oxygens (including phenoxy) is 3. The summed E-state index contributed by atoms with van der Waals surface area (Å²) in [6, 6.07) is 0. The summed E-state index contributed by atoms with van der Waals surface area (Å²) in [5.74, 6) is -0.960. The van der Waals surface area contributed by atoms with Gasteiger partial charge in [0, 0.05) is 19.3 Å². The second-order valence-electron chi connectivity index (χ2n) is 15.3. The third kappa shape index (κ3) is 42.3. The molecule has 0 N–H and O–H groups in total. The fourth-order valence-electron chi connectivity index (χ4n) is 6.30. The highest BCUT2D eigenvalue weighted by Gasteiger charge is 2.19. The van der Waals surface area contributed by atoms with Crippen molar-refractivity contribution in [2.24, 2.45) is 0 Å². The van der Waals surface area contributed by atoms with Crippen molar-refractivity contribution >= 4 is 17.9 Å². The van der Waals surface area contributed by atoms with Crippen LogP contribution < -0.4 is 0 Å².